The van der Waals surface area contributed by atoms with E-state index in [1.807, 2.05) is 36.4 Å². The van der Waals surface area contributed by atoms with Crippen molar-refractivity contribution in [2.75, 3.05) is 0 Å². The minimum Gasteiger partial charge on any atom is -0.160 e. The van der Waals surface area contributed by atoms with Gasteiger partial charge in [0.15, 0.2) is 0 Å². The minimum atomic E-state index is 0.263. The van der Waals surface area contributed by atoms with E-state index >= 15 is 0 Å². The highest BCUT2D eigenvalue weighted by Gasteiger charge is 1.98. The van der Waals surface area contributed by atoms with Crippen molar-refractivity contribution in [1.82, 2.24) is 0 Å². The molecule has 0 radical (unpaired) electrons. The molecule has 3 heteroatoms. The van der Waals surface area contributed by atoms with E-state index in [9.17, 15) is 3.89 Å². The first-order chi connectivity index (χ1) is 7.29. The van der Waals surface area contributed by atoms with Crippen LogP contribution in [0.5, 0.6) is 0 Å². The Morgan fingerprint density at radius 3 is 1.73 bits per heavy atom. The van der Waals surface area contributed by atoms with Gasteiger partial charge in [-0.2, -0.15) is 3.89 Å². The van der Waals surface area contributed by atoms with Crippen LogP contribution in [0.3, 0.4) is 0 Å². The van der Waals surface area contributed by atoms with Gasteiger partial charge in [-0.15, -0.1) is 12.6 Å². The van der Waals surface area contributed by atoms with E-state index in [1.165, 1.54) is 0 Å². The summed E-state index contributed by atoms with van der Waals surface area (Å²) in [5.41, 5.74) is 2.20. The third-order valence-electron chi connectivity index (χ3n) is 2.14. The van der Waals surface area contributed by atoms with Crippen LogP contribution in [0, 0.1) is 0 Å². The second-order valence-electron chi connectivity index (χ2n) is 3.15. The van der Waals surface area contributed by atoms with Crippen LogP contribution < -0.4 is 0 Å². The van der Waals surface area contributed by atoms with Gasteiger partial charge in [0, 0.05) is 9.79 Å². The molecule has 0 amide bonds. The Hall–Kier alpha value is -0.930. The number of hydrogen-bond donors (Lipinski definition) is 1. The number of thiol groups is 1. The van der Waals surface area contributed by atoms with Crippen molar-refractivity contribution in [1.29, 1.82) is 0 Å². The highest BCUT2D eigenvalue weighted by Crippen LogP contribution is 2.25. The van der Waals surface area contributed by atoms with Crippen molar-refractivity contribution in [3.05, 3.63) is 48.5 Å². The molecule has 0 spiro atoms. The lowest BCUT2D eigenvalue weighted by Crippen LogP contribution is -1.77. The quantitative estimate of drug-likeness (QED) is 0.742. The molecule has 0 aliphatic heterocycles. The predicted molar refractivity (Wildman–Crippen MR) is 66.1 cm³/mol. The molecule has 0 unspecified atom stereocenters. The molecule has 0 aromatic heterocycles. The fourth-order valence-electron chi connectivity index (χ4n) is 1.35. The van der Waals surface area contributed by atoms with Gasteiger partial charge in [-0.05, 0) is 35.4 Å². The fraction of sp³-hybridized carbons (Fsp3) is 0. The van der Waals surface area contributed by atoms with E-state index in [4.69, 9.17) is 0 Å². The second-order valence-corrected chi connectivity index (χ2v) is 4.29. The summed E-state index contributed by atoms with van der Waals surface area (Å²) >= 11 is 4.49. The molecule has 76 valence electrons. The van der Waals surface area contributed by atoms with E-state index in [0.29, 0.717) is 4.90 Å². The van der Waals surface area contributed by atoms with Crippen LogP contribution in [0.1, 0.15) is 0 Å². The monoisotopic (exact) mass is 236 g/mol. The van der Waals surface area contributed by atoms with Gasteiger partial charge < -0.3 is 0 Å². The van der Waals surface area contributed by atoms with E-state index in [2.05, 4.69) is 12.6 Å². The van der Waals surface area contributed by atoms with Gasteiger partial charge in [0.05, 0.1) is 12.1 Å². The third kappa shape index (κ3) is 2.55. The first kappa shape index (κ1) is 10.6. The first-order valence-corrected chi connectivity index (χ1v) is 5.64. The Morgan fingerprint density at radius 1 is 0.800 bits per heavy atom. The molecular weight excluding hydrogens is 227 g/mol. The maximum Gasteiger partial charge on any atom is 0.0812 e. The third-order valence-corrected chi connectivity index (χ3v) is 2.89. The largest absolute Gasteiger partial charge is 0.160 e. The molecule has 0 nitrogen and oxygen atoms in total. The highest BCUT2D eigenvalue weighted by molar-refractivity contribution is 7.94. The average molecular weight is 236 g/mol. The maximum absolute atomic E-state index is 12.2. The zero-order valence-corrected chi connectivity index (χ0v) is 9.56. The molecule has 2 aromatic rings. The molecule has 0 saturated carbocycles. The van der Waals surface area contributed by atoms with Gasteiger partial charge in [0.1, 0.15) is 0 Å². The zero-order valence-electron chi connectivity index (χ0n) is 7.85. The first-order valence-electron chi connectivity index (χ1n) is 4.47. The molecule has 0 heterocycles. The lowest BCUT2D eigenvalue weighted by molar-refractivity contribution is 0.934. The molecule has 2 aromatic carbocycles. The Kier molecular flexibility index (Phi) is 3.34. The van der Waals surface area contributed by atoms with E-state index in [-0.39, 0.29) is 12.1 Å². The molecule has 0 saturated heterocycles. The SMILES string of the molecule is FSc1ccc(-c2ccc(S)cc2)cc1. The molecule has 0 atom stereocenters. The molecule has 0 bridgehead atoms. The Labute approximate surface area is 98.2 Å². The summed E-state index contributed by atoms with van der Waals surface area (Å²) in [5, 5.41) is 0. The zero-order chi connectivity index (χ0) is 10.7. The van der Waals surface area contributed by atoms with Crippen molar-refractivity contribution < 1.29 is 3.89 Å². The van der Waals surface area contributed by atoms with Crippen LogP contribution in [0.15, 0.2) is 58.3 Å². The molecule has 0 fully saturated rings. The summed E-state index contributed by atoms with van der Waals surface area (Å²) in [5.74, 6) is 0. The van der Waals surface area contributed by atoms with Gasteiger partial charge in [0.2, 0.25) is 0 Å². The topological polar surface area (TPSA) is 0 Å². The Bertz CT molecular complexity index is 434. The average Bonchev–Trinajstić information content (AvgIpc) is 2.30. The van der Waals surface area contributed by atoms with Crippen molar-refractivity contribution in [2.24, 2.45) is 0 Å². The number of hydrogen-bond acceptors (Lipinski definition) is 2. The summed E-state index contributed by atoms with van der Waals surface area (Å²) in [4.78, 5) is 1.57. The molecular formula is C12H9FS2. The number of halogens is 1. The lowest BCUT2D eigenvalue weighted by Gasteiger charge is -2.02. The standard InChI is InChI=1S/C12H9FS2/c13-15-12-7-3-10(4-8-12)9-1-5-11(14)6-2-9/h1-8,14H. The van der Waals surface area contributed by atoms with Gasteiger partial charge in [-0.3, -0.25) is 0 Å². The van der Waals surface area contributed by atoms with Crippen LogP contribution in [-0.2, 0) is 0 Å². The minimum absolute atomic E-state index is 0.263. The van der Waals surface area contributed by atoms with Crippen molar-refractivity contribution in [2.45, 2.75) is 9.79 Å². The number of rotatable bonds is 2. The molecule has 0 N–H and O–H groups in total. The highest BCUT2D eigenvalue weighted by atomic mass is 32.2. The summed E-state index contributed by atoms with van der Waals surface area (Å²) < 4.78 is 12.2. The summed E-state index contributed by atoms with van der Waals surface area (Å²) in [6.07, 6.45) is 0. The maximum atomic E-state index is 12.2. The van der Waals surface area contributed by atoms with E-state index in [0.717, 1.165) is 16.0 Å². The van der Waals surface area contributed by atoms with Crippen LogP contribution in [0.4, 0.5) is 3.89 Å². The smallest absolute Gasteiger partial charge is 0.0812 e. The van der Waals surface area contributed by atoms with Gasteiger partial charge in [-0.25, -0.2) is 0 Å². The molecule has 15 heavy (non-hydrogen) atoms. The van der Waals surface area contributed by atoms with Gasteiger partial charge in [-0.1, -0.05) is 24.3 Å². The van der Waals surface area contributed by atoms with E-state index in [1.54, 1.807) is 12.1 Å². The number of benzene rings is 2. The summed E-state index contributed by atoms with van der Waals surface area (Å²) in [6.45, 7) is 0. The summed E-state index contributed by atoms with van der Waals surface area (Å²) in [7, 11) is 0. The van der Waals surface area contributed by atoms with Crippen LogP contribution >= 0.6 is 24.8 Å². The second kappa shape index (κ2) is 4.73. The van der Waals surface area contributed by atoms with Gasteiger partial charge in [0.25, 0.3) is 0 Å². The molecule has 0 aliphatic rings. The van der Waals surface area contributed by atoms with Crippen molar-refractivity contribution >= 4 is 24.8 Å². The normalized spacial score (nSPS) is 10.3. The lowest BCUT2D eigenvalue weighted by atomic mass is 10.1. The van der Waals surface area contributed by atoms with Crippen LogP contribution in [-0.4, -0.2) is 0 Å². The molecule has 0 aliphatic carbocycles. The predicted octanol–water partition coefficient (Wildman–Crippen LogP) is 4.62. The Balaban J connectivity index is 2.33. The van der Waals surface area contributed by atoms with Crippen LogP contribution in [0.2, 0.25) is 0 Å². The summed E-state index contributed by atoms with van der Waals surface area (Å²) in [6, 6.07) is 15.3. The fourth-order valence-corrected chi connectivity index (χ4v) is 1.74. The van der Waals surface area contributed by atoms with Crippen molar-refractivity contribution in [3.8, 4) is 11.1 Å². The van der Waals surface area contributed by atoms with Crippen LogP contribution in [0.25, 0.3) is 11.1 Å². The van der Waals surface area contributed by atoms with E-state index < -0.39 is 0 Å². The Morgan fingerprint density at radius 2 is 1.27 bits per heavy atom. The van der Waals surface area contributed by atoms with Crippen molar-refractivity contribution in [3.63, 3.8) is 0 Å². The molecule has 2 rings (SSSR count). The van der Waals surface area contributed by atoms with Gasteiger partial charge >= 0.3 is 0 Å².